The molecule has 0 radical (unpaired) electrons. The van der Waals surface area contributed by atoms with Crippen molar-refractivity contribution in [2.24, 2.45) is 5.92 Å². The molecule has 1 fully saturated rings. The highest BCUT2D eigenvalue weighted by molar-refractivity contribution is 7.92. The summed E-state index contributed by atoms with van der Waals surface area (Å²) in [6.45, 7) is 1.64. The third-order valence-corrected chi connectivity index (χ3v) is 4.87. The highest BCUT2D eigenvalue weighted by Crippen LogP contribution is 2.30. The molecule has 1 aliphatic carbocycles. The van der Waals surface area contributed by atoms with E-state index in [4.69, 9.17) is 0 Å². The van der Waals surface area contributed by atoms with Crippen LogP contribution in [-0.4, -0.2) is 26.5 Å². The lowest BCUT2D eigenvalue weighted by Gasteiger charge is -2.31. The molecule has 1 aromatic carbocycles. The topological polar surface area (TPSA) is 75.3 Å². The SMILES string of the molecule is CC(=O)C[C@H](Nc1ccc(NS(C)(=O)=O)cc1)C1CCCCC1. The van der Waals surface area contributed by atoms with Crippen LogP contribution in [0.15, 0.2) is 24.3 Å². The van der Waals surface area contributed by atoms with Gasteiger partial charge in [-0.2, -0.15) is 0 Å². The lowest BCUT2D eigenvalue weighted by molar-refractivity contribution is -0.117. The molecule has 23 heavy (non-hydrogen) atoms. The van der Waals surface area contributed by atoms with Crippen LogP contribution < -0.4 is 10.0 Å². The summed E-state index contributed by atoms with van der Waals surface area (Å²) in [5.41, 5.74) is 1.46. The van der Waals surface area contributed by atoms with Crippen molar-refractivity contribution in [3.05, 3.63) is 24.3 Å². The Labute approximate surface area is 138 Å². The number of hydrogen-bond acceptors (Lipinski definition) is 4. The quantitative estimate of drug-likeness (QED) is 0.799. The van der Waals surface area contributed by atoms with E-state index >= 15 is 0 Å². The normalized spacial score (nSPS) is 17.5. The Morgan fingerprint density at radius 3 is 2.22 bits per heavy atom. The van der Waals surface area contributed by atoms with Crippen LogP contribution in [0, 0.1) is 5.92 Å². The van der Waals surface area contributed by atoms with Gasteiger partial charge in [0.05, 0.1) is 6.26 Å². The second-order valence-corrected chi connectivity index (χ2v) is 8.26. The van der Waals surface area contributed by atoms with Crippen LogP contribution >= 0.6 is 0 Å². The molecule has 128 valence electrons. The average Bonchev–Trinajstić information content (AvgIpc) is 2.47. The lowest BCUT2D eigenvalue weighted by atomic mass is 9.82. The molecular weight excluding hydrogens is 312 g/mol. The fourth-order valence-electron chi connectivity index (χ4n) is 3.24. The van der Waals surface area contributed by atoms with Crippen molar-refractivity contribution in [2.45, 2.75) is 51.5 Å². The average molecular weight is 338 g/mol. The van der Waals surface area contributed by atoms with Gasteiger partial charge < -0.3 is 5.32 Å². The van der Waals surface area contributed by atoms with Gasteiger partial charge in [-0.1, -0.05) is 19.3 Å². The molecule has 6 heteroatoms. The molecule has 0 unspecified atom stereocenters. The molecule has 0 aromatic heterocycles. The Balaban J connectivity index is 2.04. The summed E-state index contributed by atoms with van der Waals surface area (Å²) < 4.78 is 24.9. The Bertz CT molecular complexity index is 620. The van der Waals surface area contributed by atoms with E-state index in [1.54, 1.807) is 19.1 Å². The fraction of sp³-hybridized carbons (Fsp3) is 0.588. The molecule has 5 nitrogen and oxygen atoms in total. The third kappa shape index (κ3) is 6.22. The zero-order chi connectivity index (χ0) is 16.9. The van der Waals surface area contributed by atoms with Crippen molar-refractivity contribution >= 4 is 27.2 Å². The number of hydrogen-bond donors (Lipinski definition) is 2. The number of sulfonamides is 1. The summed E-state index contributed by atoms with van der Waals surface area (Å²) in [5.74, 6) is 0.727. The van der Waals surface area contributed by atoms with Gasteiger partial charge in [0, 0.05) is 23.8 Å². The van der Waals surface area contributed by atoms with E-state index in [0.717, 1.165) is 11.9 Å². The summed E-state index contributed by atoms with van der Waals surface area (Å²) in [6.07, 6.45) is 7.75. The minimum absolute atomic E-state index is 0.154. The van der Waals surface area contributed by atoms with E-state index in [1.807, 2.05) is 12.1 Å². The number of anilines is 2. The number of benzene rings is 1. The monoisotopic (exact) mass is 338 g/mol. The van der Waals surface area contributed by atoms with E-state index in [9.17, 15) is 13.2 Å². The molecule has 1 aliphatic rings. The maximum absolute atomic E-state index is 11.6. The molecule has 2 rings (SSSR count). The molecular formula is C17H26N2O3S. The zero-order valence-corrected chi connectivity index (χ0v) is 14.7. The highest BCUT2D eigenvalue weighted by atomic mass is 32.2. The van der Waals surface area contributed by atoms with Crippen molar-refractivity contribution in [1.29, 1.82) is 0 Å². The second-order valence-electron chi connectivity index (χ2n) is 6.51. The number of nitrogens with one attached hydrogen (secondary N) is 2. The molecule has 2 N–H and O–H groups in total. The summed E-state index contributed by atoms with van der Waals surface area (Å²) in [4.78, 5) is 11.6. The van der Waals surface area contributed by atoms with Crippen LogP contribution in [0.5, 0.6) is 0 Å². The van der Waals surface area contributed by atoms with Crippen molar-refractivity contribution in [1.82, 2.24) is 0 Å². The van der Waals surface area contributed by atoms with Crippen LogP contribution in [0.4, 0.5) is 11.4 Å². The van der Waals surface area contributed by atoms with Gasteiger partial charge in [-0.25, -0.2) is 8.42 Å². The van der Waals surface area contributed by atoms with Crippen LogP contribution in [0.3, 0.4) is 0 Å². The first-order valence-electron chi connectivity index (χ1n) is 8.17. The van der Waals surface area contributed by atoms with Gasteiger partial charge in [0.25, 0.3) is 0 Å². The van der Waals surface area contributed by atoms with E-state index in [2.05, 4.69) is 10.0 Å². The van der Waals surface area contributed by atoms with E-state index in [0.29, 0.717) is 18.0 Å². The zero-order valence-electron chi connectivity index (χ0n) is 13.8. The predicted octanol–water partition coefficient (Wildman–Crippen LogP) is 3.40. The maximum Gasteiger partial charge on any atom is 0.229 e. The predicted molar refractivity (Wildman–Crippen MR) is 94.2 cm³/mol. The second kappa shape index (κ2) is 7.81. The Morgan fingerprint density at radius 1 is 1.13 bits per heavy atom. The largest absolute Gasteiger partial charge is 0.382 e. The van der Waals surface area contributed by atoms with Gasteiger partial charge in [0.2, 0.25) is 10.0 Å². The Kier molecular flexibility index (Phi) is 6.04. The first-order chi connectivity index (χ1) is 10.8. The molecule has 0 spiro atoms. The van der Waals surface area contributed by atoms with Crippen LogP contribution in [0.1, 0.15) is 45.4 Å². The van der Waals surface area contributed by atoms with Gasteiger partial charge in [-0.15, -0.1) is 0 Å². The van der Waals surface area contributed by atoms with Gasteiger partial charge in [-0.3, -0.25) is 9.52 Å². The van der Waals surface area contributed by atoms with Gasteiger partial charge in [0.1, 0.15) is 5.78 Å². The van der Waals surface area contributed by atoms with E-state index < -0.39 is 10.0 Å². The van der Waals surface area contributed by atoms with Crippen molar-refractivity contribution in [2.75, 3.05) is 16.3 Å². The number of carbonyl (C=O) groups is 1. The molecule has 0 aliphatic heterocycles. The van der Waals surface area contributed by atoms with Crippen molar-refractivity contribution < 1.29 is 13.2 Å². The van der Waals surface area contributed by atoms with Crippen molar-refractivity contribution in [3.63, 3.8) is 0 Å². The molecule has 1 saturated carbocycles. The number of Topliss-reactive ketones (excluding diaryl/α,β-unsaturated/α-hetero) is 1. The molecule has 0 amide bonds. The molecule has 0 bridgehead atoms. The summed E-state index contributed by atoms with van der Waals surface area (Å²) in [7, 11) is -3.26. The van der Waals surface area contributed by atoms with Gasteiger partial charge in [0.15, 0.2) is 0 Å². The van der Waals surface area contributed by atoms with E-state index in [-0.39, 0.29) is 11.8 Å². The Hall–Kier alpha value is -1.56. The van der Waals surface area contributed by atoms with Crippen molar-refractivity contribution in [3.8, 4) is 0 Å². The minimum atomic E-state index is -3.26. The standard InChI is InChI=1S/C17H26N2O3S/c1-13(20)12-17(14-6-4-3-5-7-14)18-15-8-10-16(11-9-15)19-23(2,21)22/h8-11,14,17-19H,3-7,12H2,1-2H3/t17-/m0/s1. The van der Waals surface area contributed by atoms with Gasteiger partial charge in [-0.05, 0) is 49.9 Å². The van der Waals surface area contributed by atoms with Gasteiger partial charge >= 0.3 is 0 Å². The molecule has 0 saturated heterocycles. The van der Waals surface area contributed by atoms with Crippen LogP contribution in [0.2, 0.25) is 0 Å². The van der Waals surface area contributed by atoms with Crippen LogP contribution in [0.25, 0.3) is 0 Å². The Morgan fingerprint density at radius 2 is 1.70 bits per heavy atom. The molecule has 1 atom stereocenters. The number of ketones is 1. The minimum Gasteiger partial charge on any atom is -0.382 e. The first-order valence-corrected chi connectivity index (χ1v) is 10.1. The lowest BCUT2D eigenvalue weighted by Crippen LogP contribution is -2.32. The van der Waals surface area contributed by atoms with Crippen LogP contribution in [-0.2, 0) is 14.8 Å². The third-order valence-electron chi connectivity index (χ3n) is 4.27. The highest BCUT2D eigenvalue weighted by Gasteiger charge is 2.24. The molecule has 0 heterocycles. The summed E-state index contributed by atoms with van der Waals surface area (Å²) in [5, 5.41) is 3.47. The smallest absolute Gasteiger partial charge is 0.229 e. The fourth-order valence-corrected chi connectivity index (χ4v) is 3.81. The first kappa shape index (κ1) is 17.8. The summed E-state index contributed by atoms with van der Waals surface area (Å²) in [6, 6.07) is 7.32. The maximum atomic E-state index is 11.6. The van der Waals surface area contributed by atoms with E-state index in [1.165, 1.54) is 32.1 Å². The number of carbonyl (C=O) groups excluding carboxylic acids is 1. The number of rotatable bonds is 7. The molecule has 1 aromatic rings. The summed E-state index contributed by atoms with van der Waals surface area (Å²) >= 11 is 0.